The molecule has 2 aromatic rings. The van der Waals surface area contributed by atoms with Gasteiger partial charge in [-0.25, -0.2) is 19.0 Å². The van der Waals surface area contributed by atoms with E-state index < -0.39 is 0 Å². The Kier molecular flexibility index (Phi) is 3.39. The Labute approximate surface area is 126 Å². The third-order valence-corrected chi connectivity index (χ3v) is 3.96. The molecule has 0 amide bonds. The fourth-order valence-electron chi connectivity index (χ4n) is 2.77. The lowest BCUT2D eigenvalue weighted by Gasteiger charge is -2.26. The summed E-state index contributed by atoms with van der Waals surface area (Å²) in [6.45, 7) is 4.93. The van der Waals surface area contributed by atoms with Gasteiger partial charge in [-0.1, -0.05) is 0 Å². The molecule has 2 aliphatic rings. The minimum atomic E-state index is -0.161. The molecule has 0 N–H and O–H groups in total. The molecular weight excluding hydrogens is 286 g/mol. The molecule has 4 heterocycles. The van der Waals surface area contributed by atoms with Crippen molar-refractivity contribution in [3.63, 3.8) is 0 Å². The molecule has 116 valence electrons. The normalized spacial score (nSPS) is 17.6. The van der Waals surface area contributed by atoms with Crippen LogP contribution in [0.3, 0.4) is 0 Å². The van der Waals surface area contributed by atoms with Gasteiger partial charge < -0.3 is 9.47 Å². The zero-order valence-electron chi connectivity index (χ0n) is 12.1. The number of pyridine rings is 1. The van der Waals surface area contributed by atoms with E-state index in [0.717, 1.165) is 32.8 Å². The van der Waals surface area contributed by atoms with Crippen LogP contribution >= 0.6 is 0 Å². The van der Waals surface area contributed by atoms with Crippen LogP contribution < -0.4 is 10.4 Å². The van der Waals surface area contributed by atoms with Crippen LogP contribution in [0, 0.1) is 0 Å². The van der Waals surface area contributed by atoms with Crippen LogP contribution in [-0.4, -0.2) is 57.1 Å². The smallest absolute Gasteiger partial charge is 0.352 e. The molecule has 8 nitrogen and oxygen atoms in total. The first-order valence-electron chi connectivity index (χ1n) is 7.40. The molecule has 1 fully saturated rings. The van der Waals surface area contributed by atoms with Gasteiger partial charge in [-0.15, -0.1) is 0 Å². The molecule has 1 saturated heterocycles. The van der Waals surface area contributed by atoms with Crippen LogP contribution in [0.25, 0.3) is 5.82 Å². The maximum atomic E-state index is 12.6. The Hall–Kier alpha value is -2.19. The predicted molar refractivity (Wildman–Crippen MR) is 77.2 cm³/mol. The van der Waals surface area contributed by atoms with Crippen LogP contribution in [0.2, 0.25) is 0 Å². The Balaban J connectivity index is 1.59. The number of nitrogens with zero attached hydrogens (tertiary/aromatic N) is 5. The molecule has 2 aliphatic heterocycles. The van der Waals surface area contributed by atoms with E-state index in [2.05, 4.69) is 15.0 Å². The standard InChI is InChI=1S/C14H17N5O3/c20-14-18(5-4-17-6-8-21-9-7-17)16-12-10-22-11-2-1-3-15-13(11)19(12)14/h1-3H,4-10H2. The molecule has 4 rings (SSSR count). The molecule has 0 unspecified atom stereocenters. The number of morpholine rings is 1. The summed E-state index contributed by atoms with van der Waals surface area (Å²) in [5, 5.41) is 4.38. The predicted octanol–water partition coefficient (Wildman–Crippen LogP) is -0.346. The van der Waals surface area contributed by atoms with E-state index in [4.69, 9.17) is 9.47 Å². The molecule has 22 heavy (non-hydrogen) atoms. The van der Waals surface area contributed by atoms with Crippen molar-refractivity contribution in [2.24, 2.45) is 0 Å². The third kappa shape index (κ3) is 2.30. The second-order valence-corrected chi connectivity index (χ2v) is 5.33. The number of fused-ring (bicyclic) bond motifs is 3. The summed E-state index contributed by atoms with van der Waals surface area (Å²) in [5.41, 5.74) is -0.161. The van der Waals surface area contributed by atoms with Crippen molar-refractivity contribution in [3.8, 4) is 11.6 Å². The summed E-state index contributed by atoms with van der Waals surface area (Å²) in [4.78, 5) is 19.1. The molecule has 0 bridgehead atoms. The average molecular weight is 303 g/mol. The van der Waals surface area contributed by atoms with E-state index in [0.29, 0.717) is 30.5 Å². The molecule has 0 spiro atoms. The van der Waals surface area contributed by atoms with E-state index in [1.54, 1.807) is 12.3 Å². The first-order chi connectivity index (χ1) is 10.8. The molecule has 2 aromatic heterocycles. The highest BCUT2D eigenvalue weighted by Gasteiger charge is 2.24. The van der Waals surface area contributed by atoms with Crippen LogP contribution in [0.4, 0.5) is 0 Å². The zero-order valence-corrected chi connectivity index (χ0v) is 12.1. The van der Waals surface area contributed by atoms with Gasteiger partial charge in [-0.05, 0) is 12.1 Å². The van der Waals surface area contributed by atoms with Crippen LogP contribution in [0.5, 0.6) is 5.75 Å². The van der Waals surface area contributed by atoms with Gasteiger partial charge in [0, 0.05) is 25.8 Å². The van der Waals surface area contributed by atoms with E-state index in [1.807, 2.05) is 6.07 Å². The summed E-state index contributed by atoms with van der Waals surface area (Å²) >= 11 is 0. The lowest BCUT2D eigenvalue weighted by Crippen LogP contribution is -2.39. The highest BCUT2D eigenvalue weighted by atomic mass is 16.5. The van der Waals surface area contributed by atoms with Gasteiger partial charge in [0.2, 0.25) is 0 Å². The largest absolute Gasteiger partial charge is 0.482 e. The van der Waals surface area contributed by atoms with E-state index >= 15 is 0 Å². The van der Waals surface area contributed by atoms with Crippen molar-refractivity contribution >= 4 is 0 Å². The second kappa shape index (κ2) is 5.54. The number of hydrogen-bond donors (Lipinski definition) is 0. The van der Waals surface area contributed by atoms with Gasteiger partial charge >= 0.3 is 5.69 Å². The number of ether oxygens (including phenoxy) is 2. The van der Waals surface area contributed by atoms with Crippen molar-refractivity contribution in [1.82, 2.24) is 24.2 Å². The second-order valence-electron chi connectivity index (χ2n) is 5.33. The van der Waals surface area contributed by atoms with Crippen LogP contribution in [0.1, 0.15) is 5.82 Å². The summed E-state index contributed by atoms with van der Waals surface area (Å²) in [6.07, 6.45) is 1.65. The van der Waals surface area contributed by atoms with Crippen molar-refractivity contribution in [1.29, 1.82) is 0 Å². The van der Waals surface area contributed by atoms with Gasteiger partial charge in [0.15, 0.2) is 17.4 Å². The topological polar surface area (TPSA) is 74.4 Å². The Morgan fingerprint density at radius 3 is 2.95 bits per heavy atom. The highest BCUT2D eigenvalue weighted by molar-refractivity contribution is 5.42. The van der Waals surface area contributed by atoms with Crippen molar-refractivity contribution < 1.29 is 9.47 Å². The number of hydrogen-bond acceptors (Lipinski definition) is 6. The highest BCUT2D eigenvalue weighted by Crippen LogP contribution is 2.24. The van der Waals surface area contributed by atoms with Crippen LogP contribution in [0.15, 0.2) is 23.1 Å². The third-order valence-electron chi connectivity index (χ3n) is 3.96. The Morgan fingerprint density at radius 1 is 1.23 bits per heavy atom. The fraction of sp³-hybridized carbons (Fsp3) is 0.500. The summed E-state index contributed by atoms with van der Waals surface area (Å²) < 4.78 is 14.0. The molecule has 0 atom stereocenters. The summed E-state index contributed by atoms with van der Waals surface area (Å²) in [7, 11) is 0. The molecule has 0 saturated carbocycles. The minimum absolute atomic E-state index is 0.161. The van der Waals surface area contributed by atoms with Crippen molar-refractivity contribution in [2.45, 2.75) is 13.2 Å². The molecule has 8 heteroatoms. The van der Waals surface area contributed by atoms with Gasteiger partial charge in [0.1, 0.15) is 6.61 Å². The van der Waals surface area contributed by atoms with Gasteiger partial charge in [-0.3, -0.25) is 4.90 Å². The van der Waals surface area contributed by atoms with E-state index in [-0.39, 0.29) is 5.69 Å². The molecular formula is C14H17N5O3. The fourth-order valence-corrected chi connectivity index (χ4v) is 2.77. The van der Waals surface area contributed by atoms with Gasteiger partial charge in [0.05, 0.1) is 19.8 Å². The molecule has 0 aromatic carbocycles. The molecule has 0 radical (unpaired) electrons. The Bertz CT molecular complexity index is 732. The minimum Gasteiger partial charge on any atom is -0.482 e. The quantitative estimate of drug-likeness (QED) is 0.772. The van der Waals surface area contributed by atoms with Crippen molar-refractivity contribution in [2.75, 3.05) is 32.8 Å². The SMILES string of the molecule is O=c1n(CCN2CCOCC2)nc2n1-c1ncccc1OC2. The summed E-state index contributed by atoms with van der Waals surface area (Å²) in [6, 6.07) is 3.60. The van der Waals surface area contributed by atoms with Crippen LogP contribution in [-0.2, 0) is 17.9 Å². The lowest BCUT2D eigenvalue weighted by atomic mass is 10.4. The first-order valence-corrected chi connectivity index (χ1v) is 7.40. The van der Waals surface area contributed by atoms with E-state index in [9.17, 15) is 4.79 Å². The molecule has 0 aliphatic carbocycles. The number of aromatic nitrogens is 4. The van der Waals surface area contributed by atoms with Gasteiger partial charge in [-0.2, -0.15) is 5.10 Å². The maximum Gasteiger partial charge on any atom is 0.352 e. The Morgan fingerprint density at radius 2 is 2.09 bits per heavy atom. The maximum absolute atomic E-state index is 12.6. The first kappa shape index (κ1) is 13.5. The monoisotopic (exact) mass is 303 g/mol. The zero-order chi connectivity index (χ0) is 14.9. The van der Waals surface area contributed by atoms with Gasteiger partial charge in [0.25, 0.3) is 0 Å². The average Bonchev–Trinajstić information content (AvgIpc) is 2.90. The van der Waals surface area contributed by atoms with E-state index in [1.165, 1.54) is 9.25 Å². The summed E-state index contributed by atoms with van der Waals surface area (Å²) in [5.74, 6) is 1.73. The number of rotatable bonds is 3. The van der Waals surface area contributed by atoms with Crippen molar-refractivity contribution in [3.05, 3.63) is 34.6 Å². The lowest BCUT2D eigenvalue weighted by molar-refractivity contribution is 0.0358.